The van der Waals surface area contributed by atoms with E-state index < -0.39 is 6.10 Å². The van der Waals surface area contributed by atoms with E-state index in [2.05, 4.69) is 0 Å². The molecule has 1 N–H and O–H groups in total. The van der Waals surface area contributed by atoms with E-state index in [1.165, 1.54) is 0 Å². The number of benzene rings is 1. The summed E-state index contributed by atoms with van der Waals surface area (Å²) < 4.78 is 10.7. The standard InChI is InChI=1S/C13H17ClO3/c1-16-13-5-4-9(14)7-11(13)12(15)8-10-3-2-6-17-10/h4-5,7,10,12,15H,2-3,6,8H2,1H3. The van der Waals surface area contributed by atoms with Gasteiger partial charge in [0.15, 0.2) is 0 Å². The molecule has 1 aromatic carbocycles. The van der Waals surface area contributed by atoms with Gasteiger partial charge < -0.3 is 14.6 Å². The number of hydrogen-bond donors (Lipinski definition) is 1. The minimum absolute atomic E-state index is 0.147. The van der Waals surface area contributed by atoms with Gasteiger partial charge in [-0.1, -0.05) is 11.6 Å². The zero-order chi connectivity index (χ0) is 12.3. The lowest BCUT2D eigenvalue weighted by molar-refractivity contribution is 0.0526. The van der Waals surface area contributed by atoms with Crippen LogP contribution < -0.4 is 4.74 Å². The van der Waals surface area contributed by atoms with Crippen LogP contribution in [0.25, 0.3) is 0 Å². The lowest BCUT2D eigenvalue weighted by atomic mass is 10.0. The van der Waals surface area contributed by atoms with Crippen LogP contribution in [0.1, 0.15) is 30.9 Å². The quantitative estimate of drug-likeness (QED) is 0.900. The molecule has 0 spiro atoms. The first-order chi connectivity index (χ1) is 8.20. The average molecular weight is 257 g/mol. The van der Waals surface area contributed by atoms with Crippen LogP contribution >= 0.6 is 11.6 Å². The summed E-state index contributed by atoms with van der Waals surface area (Å²) in [5.74, 6) is 0.667. The van der Waals surface area contributed by atoms with Crippen molar-refractivity contribution in [3.8, 4) is 5.75 Å². The third-order valence-electron chi connectivity index (χ3n) is 3.06. The Morgan fingerprint density at radius 3 is 3.06 bits per heavy atom. The zero-order valence-electron chi connectivity index (χ0n) is 9.86. The third kappa shape index (κ3) is 3.12. The molecular formula is C13H17ClO3. The van der Waals surface area contributed by atoms with Gasteiger partial charge in [-0.25, -0.2) is 0 Å². The number of aliphatic hydroxyl groups excluding tert-OH is 1. The molecule has 17 heavy (non-hydrogen) atoms. The maximum atomic E-state index is 10.2. The lowest BCUT2D eigenvalue weighted by Crippen LogP contribution is -2.12. The summed E-state index contributed by atoms with van der Waals surface area (Å²) in [7, 11) is 1.59. The highest BCUT2D eigenvalue weighted by Gasteiger charge is 2.22. The fraction of sp³-hybridized carbons (Fsp3) is 0.538. The molecule has 4 heteroatoms. The molecule has 3 nitrogen and oxygen atoms in total. The monoisotopic (exact) mass is 256 g/mol. The topological polar surface area (TPSA) is 38.7 Å². The number of aliphatic hydroxyl groups is 1. The molecule has 0 bridgehead atoms. The molecule has 2 atom stereocenters. The predicted molar refractivity (Wildman–Crippen MR) is 66.6 cm³/mol. The highest BCUT2D eigenvalue weighted by Crippen LogP contribution is 2.32. The molecule has 1 saturated heterocycles. The second kappa shape index (κ2) is 5.71. The fourth-order valence-electron chi connectivity index (χ4n) is 2.17. The van der Waals surface area contributed by atoms with E-state index >= 15 is 0 Å². The van der Waals surface area contributed by atoms with Crippen molar-refractivity contribution in [1.82, 2.24) is 0 Å². The molecule has 0 saturated carbocycles. The van der Waals surface area contributed by atoms with Crippen molar-refractivity contribution >= 4 is 11.6 Å². The van der Waals surface area contributed by atoms with Gasteiger partial charge >= 0.3 is 0 Å². The van der Waals surface area contributed by atoms with Crippen LogP contribution in [0.3, 0.4) is 0 Å². The summed E-state index contributed by atoms with van der Waals surface area (Å²) >= 11 is 5.94. The van der Waals surface area contributed by atoms with Crippen LogP contribution in [0, 0.1) is 0 Å². The second-order valence-electron chi connectivity index (χ2n) is 4.27. The minimum Gasteiger partial charge on any atom is -0.496 e. The average Bonchev–Trinajstić information content (AvgIpc) is 2.81. The Labute approximate surface area is 106 Å². The highest BCUT2D eigenvalue weighted by atomic mass is 35.5. The van der Waals surface area contributed by atoms with E-state index in [1.54, 1.807) is 25.3 Å². The van der Waals surface area contributed by atoms with Crippen molar-refractivity contribution in [1.29, 1.82) is 0 Å². The Hall–Kier alpha value is -0.770. The molecule has 0 aromatic heterocycles. The van der Waals surface area contributed by atoms with Crippen molar-refractivity contribution in [2.45, 2.75) is 31.5 Å². The SMILES string of the molecule is COc1ccc(Cl)cc1C(O)CC1CCCO1. The first-order valence-electron chi connectivity index (χ1n) is 5.84. The van der Waals surface area contributed by atoms with Gasteiger partial charge in [-0.15, -0.1) is 0 Å². The predicted octanol–water partition coefficient (Wildman–Crippen LogP) is 2.95. The number of rotatable bonds is 4. The maximum absolute atomic E-state index is 10.2. The molecule has 0 amide bonds. The molecule has 1 aliphatic rings. The fourth-order valence-corrected chi connectivity index (χ4v) is 2.35. The van der Waals surface area contributed by atoms with Gasteiger partial charge in [0, 0.05) is 23.6 Å². The Morgan fingerprint density at radius 2 is 2.41 bits per heavy atom. The largest absolute Gasteiger partial charge is 0.496 e. The summed E-state index contributed by atoms with van der Waals surface area (Å²) in [4.78, 5) is 0. The molecule has 94 valence electrons. The normalized spacial score (nSPS) is 21.5. The van der Waals surface area contributed by atoms with Crippen molar-refractivity contribution < 1.29 is 14.6 Å². The van der Waals surface area contributed by atoms with Crippen LogP contribution in [0.15, 0.2) is 18.2 Å². The van der Waals surface area contributed by atoms with Gasteiger partial charge in [-0.3, -0.25) is 0 Å². The zero-order valence-corrected chi connectivity index (χ0v) is 10.6. The Morgan fingerprint density at radius 1 is 1.59 bits per heavy atom. The van der Waals surface area contributed by atoms with Crippen LogP contribution in [0.4, 0.5) is 0 Å². The number of halogens is 1. The Kier molecular flexibility index (Phi) is 4.26. The summed E-state index contributed by atoms with van der Waals surface area (Å²) in [5.41, 5.74) is 0.732. The van der Waals surface area contributed by atoms with Crippen LogP contribution in [0.2, 0.25) is 5.02 Å². The molecular weight excluding hydrogens is 240 g/mol. The first-order valence-corrected chi connectivity index (χ1v) is 6.21. The molecule has 1 heterocycles. The molecule has 1 aliphatic heterocycles. The number of ether oxygens (including phenoxy) is 2. The van der Waals surface area contributed by atoms with Crippen molar-refractivity contribution in [2.24, 2.45) is 0 Å². The van der Waals surface area contributed by atoms with Gasteiger partial charge in [0.1, 0.15) is 5.75 Å². The Bertz CT molecular complexity index is 375. The smallest absolute Gasteiger partial charge is 0.124 e. The van der Waals surface area contributed by atoms with Crippen LogP contribution in [-0.2, 0) is 4.74 Å². The summed E-state index contributed by atoms with van der Waals surface area (Å²) in [6, 6.07) is 5.28. The molecule has 2 unspecified atom stereocenters. The molecule has 1 fully saturated rings. The van der Waals surface area contributed by atoms with Gasteiger partial charge in [0.25, 0.3) is 0 Å². The van der Waals surface area contributed by atoms with E-state index in [1.807, 2.05) is 0 Å². The molecule has 0 radical (unpaired) electrons. The van der Waals surface area contributed by atoms with Gasteiger partial charge in [-0.2, -0.15) is 0 Å². The summed E-state index contributed by atoms with van der Waals surface area (Å²) in [6.07, 6.45) is 2.24. The molecule has 1 aromatic rings. The number of methoxy groups -OCH3 is 1. The molecule has 2 rings (SSSR count). The van der Waals surface area contributed by atoms with E-state index in [9.17, 15) is 5.11 Å². The van der Waals surface area contributed by atoms with Crippen molar-refractivity contribution in [2.75, 3.05) is 13.7 Å². The summed E-state index contributed by atoms with van der Waals surface area (Å²) in [5, 5.41) is 10.8. The first kappa shape index (κ1) is 12.7. The van der Waals surface area contributed by atoms with Gasteiger partial charge in [0.2, 0.25) is 0 Å². The van der Waals surface area contributed by atoms with Crippen LogP contribution in [0.5, 0.6) is 5.75 Å². The van der Waals surface area contributed by atoms with E-state index in [4.69, 9.17) is 21.1 Å². The maximum Gasteiger partial charge on any atom is 0.124 e. The highest BCUT2D eigenvalue weighted by molar-refractivity contribution is 6.30. The van der Waals surface area contributed by atoms with Gasteiger partial charge in [-0.05, 0) is 31.0 Å². The minimum atomic E-state index is -0.591. The van der Waals surface area contributed by atoms with Crippen molar-refractivity contribution in [3.05, 3.63) is 28.8 Å². The second-order valence-corrected chi connectivity index (χ2v) is 4.71. The summed E-state index contributed by atoms with van der Waals surface area (Å²) in [6.45, 7) is 0.796. The number of hydrogen-bond acceptors (Lipinski definition) is 3. The van der Waals surface area contributed by atoms with Gasteiger partial charge in [0.05, 0.1) is 19.3 Å². The van der Waals surface area contributed by atoms with Crippen LogP contribution in [-0.4, -0.2) is 24.9 Å². The lowest BCUT2D eigenvalue weighted by Gasteiger charge is -2.18. The van der Waals surface area contributed by atoms with Crippen molar-refractivity contribution in [3.63, 3.8) is 0 Å². The Balaban J connectivity index is 2.11. The molecule has 0 aliphatic carbocycles. The van der Waals surface area contributed by atoms with E-state index in [0.717, 1.165) is 25.0 Å². The van der Waals surface area contributed by atoms with E-state index in [-0.39, 0.29) is 6.10 Å². The van der Waals surface area contributed by atoms with E-state index in [0.29, 0.717) is 17.2 Å². The third-order valence-corrected chi connectivity index (χ3v) is 3.30.